The minimum atomic E-state index is -0.646. The Kier molecular flexibility index (Phi) is 7.90. The number of nitrogens with one attached hydrogen (secondary N) is 2. The van der Waals surface area contributed by atoms with Crippen molar-refractivity contribution in [3.63, 3.8) is 0 Å². The van der Waals surface area contributed by atoms with E-state index in [0.29, 0.717) is 34.9 Å². The third-order valence-corrected chi connectivity index (χ3v) is 6.16. The summed E-state index contributed by atoms with van der Waals surface area (Å²) in [5.74, 6) is 0.356. The third kappa shape index (κ3) is 6.41. The van der Waals surface area contributed by atoms with Gasteiger partial charge in [-0.05, 0) is 50.8 Å². The van der Waals surface area contributed by atoms with Gasteiger partial charge in [-0.3, -0.25) is 4.79 Å². The predicted octanol–water partition coefficient (Wildman–Crippen LogP) is 4.38. The number of hydrogen-bond acceptors (Lipinski definition) is 3. The van der Waals surface area contributed by atoms with Gasteiger partial charge in [0.15, 0.2) is 6.10 Å². The molecule has 6 nitrogen and oxygen atoms in total. The summed E-state index contributed by atoms with van der Waals surface area (Å²) >= 11 is 12.0. The van der Waals surface area contributed by atoms with Crippen LogP contribution in [0, 0.1) is 0 Å². The highest BCUT2D eigenvalue weighted by Crippen LogP contribution is 2.28. The van der Waals surface area contributed by atoms with Gasteiger partial charge in [0.25, 0.3) is 5.91 Å². The molecule has 1 aromatic rings. The zero-order valence-corrected chi connectivity index (χ0v) is 18.3. The number of rotatable bonds is 5. The van der Waals surface area contributed by atoms with Crippen LogP contribution >= 0.6 is 23.2 Å². The van der Waals surface area contributed by atoms with Crippen molar-refractivity contribution in [2.75, 3.05) is 13.1 Å². The number of carbonyl (C=O) groups is 2. The molecular weight excluding hydrogens is 413 g/mol. The number of halogens is 2. The molecule has 0 aromatic heterocycles. The van der Waals surface area contributed by atoms with Crippen LogP contribution in [0.25, 0.3) is 0 Å². The summed E-state index contributed by atoms with van der Waals surface area (Å²) in [6, 6.07) is 5.22. The van der Waals surface area contributed by atoms with E-state index in [1.165, 1.54) is 19.3 Å². The highest BCUT2D eigenvalue weighted by Gasteiger charge is 2.28. The van der Waals surface area contributed by atoms with Crippen LogP contribution in [0.1, 0.15) is 51.9 Å². The van der Waals surface area contributed by atoms with Crippen molar-refractivity contribution in [3.05, 3.63) is 28.2 Å². The number of piperidine rings is 1. The summed E-state index contributed by atoms with van der Waals surface area (Å²) in [5.41, 5.74) is 0. The minimum Gasteiger partial charge on any atom is -0.479 e. The summed E-state index contributed by atoms with van der Waals surface area (Å²) in [4.78, 5) is 26.7. The van der Waals surface area contributed by atoms with Crippen molar-refractivity contribution < 1.29 is 14.3 Å². The van der Waals surface area contributed by atoms with Crippen molar-refractivity contribution in [1.82, 2.24) is 15.5 Å². The molecule has 3 rings (SSSR count). The van der Waals surface area contributed by atoms with Gasteiger partial charge in [0.2, 0.25) is 0 Å². The Morgan fingerprint density at radius 2 is 1.66 bits per heavy atom. The van der Waals surface area contributed by atoms with Crippen molar-refractivity contribution in [2.45, 2.75) is 70.1 Å². The maximum Gasteiger partial charge on any atom is 0.315 e. The van der Waals surface area contributed by atoms with Crippen molar-refractivity contribution in [2.24, 2.45) is 0 Å². The number of likely N-dealkylation sites (tertiary alicyclic amines) is 1. The highest BCUT2D eigenvalue weighted by molar-refractivity contribution is 6.35. The van der Waals surface area contributed by atoms with E-state index in [1.807, 2.05) is 0 Å². The molecule has 29 heavy (non-hydrogen) atoms. The minimum absolute atomic E-state index is 0.0823. The number of benzene rings is 1. The van der Waals surface area contributed by atoms with Crippen LogP contribution in [0.4, 0.5) is 4.79 Å². The SMILES string of the molecule is CC(Oc1ccc(Cl)cc1Cl)C(=O)N1CCC(NC(=O)NC2CCCCC2)CC1. The normalized spacial score (nSPS) is 19.5. The largest absolute Gasteiger partial charge is 0.479 e. The van der Waals surface area contributed by atoms with Crippen LogP contribution in [0.2, 0.25) is 10.0 Å². The first-order valence-corrected chi connectivity index (χ1v) is 11.2. The lowest BCUT2D eigenvalue weighted by atomic mass is 9.96. The van der Waals surface area contributed by atoms with Crippen LogP contribution in [0.3, 0.4) is 0 Å². The molecule has 1 heterocycles. The molecular formula is C21H29Cl2N3O3. The summed E-state index contributed by atoms with van der Waals surface area (Å²) in [7, 11) is 0. The quantitative estimate of drug-likeness (QED) is 0.711. The van der Waals surface area contributed by atoms with Gasteiger partial charge in [-0.2, -0.15) is 0 Å². The fourth-order valence-electron chi connectivity index (χ4n) is 3.97. The molecule has 1 aliphatic heterocycles. The molecule has 160 valence electrons. The van der Waals surface area contributed by atoms with E-state index < -0.39 is 6.10 Å². The average molecular weight is 442 g/mol. The highest BCUT2D eigenvalue weighted by atomic mass is 35.5. The Morgan fingerprint density at radius 1 is 1.03 bits per heavy atom. The monoisotopic (exact) mass is 441 g/mol. The molecule has 1 aromatic carbocycles. The molecule has 0 spiro atoms. The van der Waals surface area contributed by atoms with Gasteiger partial charge in [0.05, 0.1) is 5.02 Å². The van der Waals surface area contributed by atoms with E-state index >= 15 is 0 Å². The van der Waals surface area contributed by atoms with E-state index in [2.05, 4.69) is 10.6 Å². The van der Waals surface area contributed by atoms with Gasteiger partial charge in [-0.15, -0.1) is 0 Å². The van der Waals surface area contributed by atoms with Crippen molar-refractivity contribution in [3.8, 4) is 5.75 Å². The van der Waals surface area contributed by atoms with E-state index in [-0.39, 0.29) is 18.0 Å². The fourth-order valence-corrected chi connectivity index (χ4v) is 4.43. The summed E-state index contributed by atoms with van der Waals surface area (Å²) in [6.07, 6.45) is 6.59. The first-order valence-electron chi connectivity index (χ1n) is 10.4. The average Bonchev–Trinajstić information content (AvgIpc) is 2.70. The Hall–Kier alpha value is -1.66. The summed E-state index contributed by atoms with van der Waals surface area (Å²) < 4.78 is 5.73. The number of carbonyl (C=O) groups excluding carboxylic acids is 2. The lowest BCUT2D eigenvalue weighted by molar-refractivity contribution is -0.139. The van der Waals surface area contributed by atoms with Gasteiger partial charge in [0, 0.05) is 30.2 Å². The predicted molar refractivity (Wildman–Crippen MR) is 115 cm³/mol. The topological polar surface area (TPSA) is 70.7 Å². The van der Waals surface area contributed by atoms with Crippen LogP contribution < -0.4 is 15.4 Å². The van der Waals surface area contributed by atoms with Crippen molar-refractivity contribution >= 4 is 35.1 Å². The van der Waals surface area contributed by atoms with E-state index in [4.69, 9.17) is 27.9 Å². The Morgan fingerprint density at radius 3 is 2.28 bits per heavy atom. The molecule has 8 heteroatoms. The number of urea groups is 1. The summed E-state index contributed by atoms with van der Waals surface area (Å²) in [5, 5.41) is 7.04. The number of ether oxygens (including phenoxy) is 1. The molecule has 0 bridgehead atoms. The zero-order chi connectivity index (χ0) is 20.8. The van der Waals surface area contributed by atoms with Crippen LogP contribution in [-0.4, -0.2) is 48.1 Å². The standard InChI is InChI=1S/C21H29Cl2N3O3/c1-14(29-19-8-7-15(22)13-18(19)23)20(27)26-11-9-17(10-12-26)25-21(28)24-16-5-3-2-4-6-16/h7-8,13-14,16-17H,2-6,9-12H2,1H3,(H2,24,25,28). The maximum atomic E-state index is 12.7. The van der Waals surface area contributed by atoms with E-state index in [9.17, 15) is 9.59 Å². The molecule has 1 atom stereocenters. The summed E-state index contributed by atoms with van der Waals surface area (Å²) in [6.45, 7) is 2.90. The molecule has 3 amide bonds. The lowest BCUT2D eigenvalue weighted by Gasteiger charge is -2.34. The Balaban J connectivity index is 1.42. The third-order valence-electron chi connectivity index (χ3n) is 5.63. The molecule has 2 N–H and O–H groups in total. The molecule has 2 aliphatic rings. The lowest BCUT2D eigenvalue weighted by Crippen LogP contribution is -2.52. The van der Waals surface area contributed by atoms with Gasteiger partial charge < -0.3 is 20.3 Å². The Bertz CT molecular complexity index is 717. The van der Waals surface area contributed by atoms with Gasteiger partial charge >= 0.3 is 6.03 Å². The van der Waals surface area contributed by atoms with Gasteiger partial charge in [-0.25, -0.2) is 4.79 Å². The number of hydrogen-bond donors (Lipinski definition) is 2. The molecule has 0 radical (unpaired) electrons. The van der Waals surface area contributed by atoms with Crippen LogP contribution in [-0.2, 0) is 4.79 Å². The first-order chi connectivity index (χ1) is 13.9. The second-order valence-electron chi connectivity index (χ2n) is 7.89. The van der Waals surface area contributed by atoms with Crippen LogP contribution in [0.15, 0.2) is 18.2 Å². The Labute approximate surface area is 182 Å². The van der Waals surface area contributed by atoms with E-state index in [1.54, 1.807) is 30.0 Å². The molecule has 2 fully saturated rings. The van der Waals surface area contributed by atoms with Gasteiger partial charge in [0.1, 0.15) is 5.75 Å². The smallest absolute Gasteiger partial charge is 0.315 e. The second kappa shape index (κ2) is 10.4. The number of amides is 3. The first kappa shape index (κ1) is 22.0. The molecule has 1 saturated heterocycles. The van der Waals surface area contributed by atoms with Crippen molar-refractivity contribution in [1.29, 1.82) is 0 Å². The van der Waals surface area contributed by atoms with Gasteiger partial charge in [-0.1, -0.05) is 42.5 Å². The molecule has 1 unspecified atom stereocenters. The number of nitrogens with zero attached hydrogens (tertiary/aromatic N) is 1. The molecule has 1 aliphatic carbocycles. The zero-order valence-electron chi connectivity index (χ0n) is 16.8. The molecule has 1 saturated carbocycles. The second-order valence-corrected chi connectivity index (χ2v) is 8.73. The van der Waals surface area contributed by atoms with Crippen LogP contribution in [0.5, 0.6) is 5.75 Å². The van der Waals surface area contributed by atoms with E-state index in [0.717, 1.165) is 25.7 Å². The fraction of sp³-hybridized carbons (Fsp3) is 0.619. The maximum absolute atomic E-state index is 12.7.